The Morgan fingerprint density at radius 1 is 1.06 bits per heavy atom. The number of carbonyl (C=O) groups is 1. The molecule has 0 bridgehead atoms. The van der Waals surface area contributed by atoms with Crippen LogP contribution in [0.3, 0.4) is 0 Å². The average Bonchev–Trinajstić information content (AvgIpc) is 3.34. The van der Waals surface area contributed by atoms with Gasteiger partial charge in [-0.3, -0.25) is 9.48 Å². The molecular formula is C24H27N9O3. The number of Topliss-reactive ketones (excluding diaryl/α,β-unsaturated/α-hetero) is 1. The van der Waals surface area contributed by atoms with Crippen molar-refractivity contribution in [2.75, 3.05) is 30.9 Å². The Morgan fingerprint density at radius 2 is 1.89 bits per heavy atom. The van der Waals surface area contributed by atoms with Gasteiger partial charge in [-0.1, -0.05) is 13.0 Å². The average molecular weight is 490 g/mol. The van der Waals surface area contributed by atoms with Gasteiger partial charge in [-0.15, -0.1) is 0 Å². The summed E-state index contributed by atoms with van der Waals surface area (Å²) < 4.78 is 12.7. The lowest BCUT2D eigenvalue weighted by Gasteiger charge is -2.17. The molecule has 12 heteroatoms. The Labute approximate surface area is 207 Å². The van der Waals surface area contributed by atoms with Crippen LogP contribution in [0, 0.1) is 0 Å². The molecule has 4 N–H and O–H groups in total. The SMILES string of the molecule is CCC(=O)c1cnc(Nc2cnc(OCCN)cn2)cc1Nc1cccc(-c2ncn(C)n2)c1OC. The molecular weight excluding hydrogens is 462 g/mol. The summed E-state index contributed by atoms with van der Waals surface area (Å²) in [6.07, 6.45) is 6.49. The van der Waals surface area contributed by atoms with E-state index in [1.165, 1.54) is 18.6 Å². The summed E-state index contributed by atoms with van der Waals surface area (Å²) >= 11 is 0. The summed E-state index contributed by atoms with van der Waals surface area (Å²) in [4.78, 5) is 29.9. The molecule has 12 nitrogen and oxygen atoms in total. The van der Waals surface area contributed by atoms with Gasteiger partial charge in [-0.25, -0.2) is 19.9 Å². The second-order valence-corrected chi connectivity index (χ2v) is 7.65. The van der Waals surface area contributed by atoms with Crippen LogP contribution < -0.4 is 25.8 Å². The minimum absolute atomic E-state index is 0.0562. The minimum Gasteiger partial charge on any atom is -0.494 e. The van der Waals surface area contributed by atoms with Gasteiger partial charge in [-0.05, 0) is 12.1 Å². The number of hydrogen-bond acceptors (Lipinski definition) is 11. The highest BCUT2D eigenvalue weighted by molar-refractivity contribution is 6.02. The van der Waals surface area contributed by atoms with E-state index in [1.807, 2.05) is 18.2 Å². The van der Waals surface area contributed by atoms with Crippen LogP contribution >= 0.6 is 0 Å². The number of nitrogens with one attached hydrogen (secondary N) is 2. The number of ether oxygens (including phenoxy) is 2. The molecule has 3 heterocycles. The number of aryl methyl sites for hydroxylation is 1. The Kier molecular flexibility index (Phi) is 7.66. The summed E-state index contributed by atoms with van der Waals surface area (Å²) in [7, 11) is 3.37. The minimum atomic E-state index is -0.0562. The molecule has 4 aromatic rings. The van der Waals surface area contributed by atoms with E-state index in [1.54, 1.807) is 38.2 Å². The quantitative estimate of drug-likeness (QED) is 0.266. The van der Waals surface area contributed by atoms with Crippen LogP contribution in [0.15, 0.2) is 49.2 Å². The van der Waals surface area contributed by atoms with Crippen molar-refractivity contribution < 1.29 is 14.3 Å². The maximum Gasteiger partial charge on any atom is 0.232 e. The van der Waals surface area contributed by atoms with Gasteiger partial charge in [0.25, 0.3) is 0 Å². The van der Waals surface area contributed by atoms with E-state index in [0.29, 0.717) is 71.2 Å². The number of aromatic nitrogens is 6. The number of para-hydroxylation sites is 1. The van der Waals surface area contributed by atoms with Gasteiger partial charge in [0, 0.05) is 32.3 Å². The van der Waals surface area contributed by atoms with Crippen LogP contribution in [0.2, 0.25) is 0 Å². The Bertz CT molecular complexity index is 1340. The van der Waals surface area contributed by atoms with Crippen molar-refractivity contribution in [1.29, 1.82) is 0 Å². The first-order valence-electron chi connectivity index (χ1n) is 11.3. The van der Waals surface area contributed by atoms with Crippen molar-refractivity contribution in [2.24, 2.45) is 12.8 Å². The van der Waals surface area contributed by atoms with Crippen LogP contribution in [0.5, 0.6) is 11.6 Å². The second kappa shape index (κ2) is 11.2. The van der Waals surface area contributed by atoms with Crippen LogP contribution in [0.4, 0.5) is 23.0 Å². The van der Waals surface area contributed by atoms with Gasteiger partial charge >= 0.3 is 0 Å². The molecule has 0 atom stereocenters. The first-order chi connectivity index (χ1) is 17.5. The van der Waals surface area contributed by atoms with Crippen molar-refractivity contribution in [2.45, 2.75) is 13.3 Å². The lowest BCUT2D eigenvalue weighted by molar-refractivity contribution is 0.0988. The Hall–Kier alpha value is -4.58. The first-order valence-corrected chi connectivity index (χ1v) is 11.3. The number of nitrogens with two attached hydrogens (primary N) is 1. The molecule has 0 fully saturated rings. The van der Waals surface area contributed by atoms with E-state index in [9.17, 15) is 4.79 Å². The van der Waals surface area contributed by atoms with Crippen LogP contribution in [-0.4, -0.2) is 55.8 Å². The maximum absolute atomic E-state index is 12.7. The Balaban J connectivity index is 1.65. The molecule has 1 aromatic carbocycles. The molecule has 0 aliphatic rings. The first kappa shape index (κ1) is 24.5. The molecule has 0 unspecified atom stereocenters. The smallest absolute Gasteiger partial charge is 0.232 e. The molecule has 36 heavy (non-hydrogen) atoms. The van der Waals surface area contributed by atoms with Gasteiger partial charge < -0.3 is 25.8 Å². The number of rotatable bonds is 11. The van der Waals surface area contributed by atoms with Gasteiger partial charge in [0.15, 0.2) is 17.4 Å². The lowest BCUT2D eigenvalue weighted by atomic mass is 10.1. The van der Waals surface area contributed by atoms with Gasteiger partial charge in [0.05, 0.1) is 42.0 Å². The largest absolute Gasteiger partial charge is 0.494 e. The summed E-state index contributed by atoms with van der Waals surface area (Å²) in [5, 5.41) is 10.8. The zero-order valence-corrected chi connectivity index (χ0v) is 20.2. The molecule has 4 rings (SSSR count). The molecule has 0 saturated heterocycles. The van der Waals surface area contributed by atoms with Crippen molar-refractivity contribution in [3.05, 3.63) is 54.7 Å². The van der Waals surface area contributed by atoms with E-state index >= 15 is 0 Å². The summed E-state index contributed by atoms with van der Waals surface area (Å²) in [5.74, 6) is 2.32. The molecule has 0 radical (unpaired) electrons. The number of benzene rings is 1. The van der Waals surface area contributed by atoms with E-state index in [2.05, 4.69) is 35.7 Å². The molecule has 0 aliphatic heterocycles. The number of carbonyl (C=O) groups excluding carboxylic acids is 1. The van der Waals surface area contributed by atoms with Gasteiger partial charge in [-0.2, -0.15) is 5.10 Å². The second-order valence-electron chi connectivity index (χ2n) is 7.65. The van der Waals surface area contributed by atoms with E-state index in [-0.39, 0.29) is 5.78 Å². The number of anilines is 4. The number of ketones is 1. The predicted molar refractivity (Wildman–Crippen MR) is 135 cm³/mol. The van der Waals surface area contributed by atoms with Crippen molar-refractivity contribution in [3.63, 3.8) is 0 Å². The highest BCUT2D eigenvalue weighted by Gasteiger charge is 2.18. The van der Waals surface area contributed by atoms with Crippen LogP contribution in [0.1, 0.15) is 23.7 Å². The molecule has 3 aromatic heterocycles. The number of methoxy groups -OCH3 is 1. The van der Waals surface area contributed by atoms with Crippen molar-refractivity contribution in [3.8, 4) is 23.0 Å². The lowest BCUT2D eigenvalue weighted by Crippen LogP contribution is -2.11. The van der Waals surface area contributed by atoms with Crippen molar-refractivity contribution >= 4 is 28.8 Å². The standard InChI is InChI=1S/C24H27N9O3/c1-4-19(34)16-11-26-20(31-21-12-28-22(13-27-21)36-9-8-25)10-18(16)30-17-7-5-6-15(23(17)35-3)24-29-14-33(2)32-24/h5-7,10-14H,4,8-9,25H2,1-3H3,(H2,26,27,30,31). The third-order valence-electron chi connectivity index (χ3n) is 5.11. The zero-order chi connectivity index (χ0) is 25.5. The summed E-state index contributed by atoms with van der Waals surface area (Å²) in [6.45, 7) is 2.54. The zero-order valence-electron chi connectivity index (χ0n) is 20.2. The molecule has 0 spiro atoms. The third kappa shape index (κ3) is 5.55. The van der Waals surface area contributed by atoms with Crippen LogP contribution in [-0.2, 0) is 7.05 Å². The number of hydrogen-bond donors (Lipinski definition) is 3. The van der Waals surface area contributed by atoms with Crippen molar-refractivity contribution in [1.82, 2.24) is 29.7 Å². The number of pyridine rings is 1. The number of nitrogens with zero attached hydrogens (tertiary/aromatic N) is 6. The van der Waals surface area contributed by atoms with E-state index in [4.69, 9.17) is 15.2 Å². The monoisotopic (exact) mass is 489 g/mol. The fourth-order valence-corrected chi connectivity index (χ4v) is 3.43. The molecule has 0 amide bonds. The van der Waals surface area contributed by atoms with Gasteiger partial charge in [0.2, 0.25) is 5.88 Å². The topological polar surface area (TPSA) is 155 Å². The molecule has 0 aliphatic carbocycles. The maximum atomic E-state index is 12.7. The fourth-order valence-electron chi connectivity index (χ4n) is 3.43. The highest BCUT2D eigenvalue weighted by Crippen LogP contribution is 2.37. The van der Waals surface area contributed by atoms with Gasteiger partial charge in [0.1, 0.15) is 24.6 Å². The third-order valence-corrected chi connectivity index (χ3v) is 5.11. The molecule has 186 valence electrons. The predicted octanol–water partition coefficient (Wildman–Crippen LogP) is 3.09. The summed E-state index contributed by atoms with van der Waals surface area (Å²) in [5.41, 5.74) is 7.80. The fraction of sp³-hybridized carbons (Fsp3) is 0.250. The van der Waals surface area contributed by atoms with E-state index in [0.717, 1.165) is 0 Å². The Morgan fingerprint density at radius 3 is 2.56 bits per heavy atom. The van der Waals surface area contributed by atoms with Crippen LogP contribution in [0.25, 0.3) is 11.4 Å². The highest BCUT2D eigenvalue weighted by atomic mass is 16.5. The molecule has 0 saturated carbocycles. The van der Waals surface area contributed by atoms with E-state index < -0.39 is 0 Å². The summed E-state index contributed by atoms with van der Waals surface area (Å²) in [6, 6.07) is 7.32. The normalized spacial score (nSPS) is 10.7.